The zero-order valence-electron chi connectivity index (χ0n) is 25.6. The number of nitrogens with one attached hydrogen (secondary N) is 2. The molecule has 1 unspecified atom stereocenters. The van der Waals surface area contributed by atoms with Gasteiger partial charge in [-0.3, -0.25) is 4.98 Å². The standard InChI is InChI=1S/C23H26F2N2.C9H19N.C2H6/c1-5-8-9-20(22-11-18(24)12-23(25)19(22)7-3)21-10-17(14-27-15(21)4)16(6-2)13-26;1-3-8(2)9-4-6-10-7-5-9;1-2/h6,9-14,26H,5,7-8H2,1-4H3;8-10H,3-7H2,1-2H3;1-2H3/b16-6+,20-9+,26-13?;;. The first-order valence-corrected chi connectivity index (χ1v) is 14.8. The second kappa shape index (κ2) is 18.6. The van der Waals surface area contributed by atoms with Gasteiger partial charge in [0.1, 0.15) is 11.6 Å². The van der Waals surface area contributed by atoms with Crippen LogP contribution >= 0.6 is 0 Å². The van der Waals surface area contributed by atoms with E-state index in [4.69, 9.17) is 5.41 Å². The minimum absolute atomic E-state index is 0.470. The summed E-state index contributed by atoms with van der Waals surface area (Å²) in [4.78, 5) is 4.48. The minimum Gasteiger partial charge on any atom is -0.317 e. The van der Waals surface area contributed by atoms with Crippen LogP contribution in [0.1, 0.15) is 109 Å². The Bertz CT molecular complexity index is 1080. The van der Waals surface area contributed by atoms with Gasteiger partial charge >= 0.3 is 0 Å². The molecule has 2 N–H and O–H groups in total. The number of hydrogen-bond acceptors (Lipinski definition) is 3. The summed E-state index contributed by atoms with van der Waals surface area (Å²) in [5, 5.41) is 11.0. The van der Waals surface area contributed by atoms with Crippen molar-refractivity contribution in [3.05, 3.63) is 76.1 Å². The van der Waals surface area contributed by atoms with Crippen molar-refractivity contribution < 1.29 is 8.78 Å². The predicted octanol–water partition coefficient (Wildman–Crippen LogP) is 9.57. The Balaban J connectivity index is 0.000000528. The Morgan fingerprint density at radius 1 is 1.10 bits per heavy atom. The van der Waals surface area contributed by atoms with Crippen molar-refractivity contribution >= 4 is 17.4 Å². The Hall–Kier alpha value is -2.66. The summed E-state index contributed by atoms with van der Waals surface area (Å²) in [5.74, 6) is 0.844. The number of allylic oxidation sites excluding steroid dienone is 3. The first-order chi connectivity index (χ1) is 18.8. The molecule has 0 bridgehead atoms. The molecule has 1 aliphatic rings. The Kier molecular flexibility index (Phi) is 16.4. The zero-order valence-corrected chi connectivity index (χ0v) is 25.6. The van der Waals surface area contributed by atoms with E-state index < -0.39 is 11.6 Å². The smallest absolute Gasteiger partial charge is 0.129 e. The first-order valence-electron chi connectivity index (χ1n) is 14.8. The Morgan fingerprint density at radius 2 is 1.77 bits per heavy atom. The number of halogens is 2. The fourth-order valence-electron chi connectivity index (χ4n) is 4.90. The molecule has 39 heavy (non-hydrogen) atoms. The minimum atomic E-state index is -0.586. The average Bonchev–Trinajstić information content (AvgIpc) is 2.96. The number of rotatable bonds is 9. The average molecular weight is 540 g/mol. The molecule has 1 aliphatic heterocycles. The Labute approximate surface area is 236 Å². The van der Waals surface area contributed by atoms with Gasteiger partial charge in [0, 0.05) is 35.3 Å². The highest BCUT2D eigenvalue weighted by Crippen LogP contribution is 2.32. The lowest BCUT2D eigenvalue weighted by Crippen LogP contribution is -2.30. The number of hydrogen-bond donors (Lipinski definition) is 2. The SMILES string of the molecule is C/C=C(\C=N)c1cnc(C)c(/C(=C\CCC)c2cc(F)cc(F)c2CC)c1.CC.CCC(C)C1CCNCC1. The van der Waals surface area contributed by atoms with Gasteiger partial charge in [-0.2, -0.15) is 0 Å². The molecule has 3 nitrogen and oxygen atoms in total. The summed E-state index contributed by atoms with van der Waals surface area (Å²) in [6.07, 6.45) is 13.2. The third-order valence-corrected chi connectivity index (χ3v) is 7.45. The van der Waals surface area contributed by atoms with Crippen LogP contribution in [0, 0.1) is 35.8 Å². The van der Waals surface area contributed by atoms with Crippen molar-refractivity contribution in [3.63, 3.8) is 0 Å². The van der Waals surface area contributed by atoms with Gasteiger partial charge in [0.25, 0.3) is 0 Å². The fourth-order valence-corrected chi connectivity index (χ4v) is 4.90. The van der Waals surface area contributed by atoms with Gasteiger partial charge in [-0.25, -0.2) is 8.78 Å². The molecule has 0 saturated carbocycles. The monoisotopic (exact) mass is 539 g/mol. The molecule has 1 aromatic carbocycles. The summed E-state index contributed by atoms with van der Waals surface area (Å²) in [6, 6.07) is 4.30. The van der Waals surface area contributed by atoms with Crippen LogP contribution in [0.25, 0.3) is 11.1 Å². The number of aromatic nitrogens is 1. The molecular weight excluding hydrogens is 488 g/mol. The van der Waals surface area contributed by atoms with E-state index in [9.17, 15) is 8.78 Å². The van der Waals surface area contributed by atoms with Gasteiger partial charge in [-0.15, -0.1) is 0 Å². The van der Waals surface area contributed by atoms with Crippen molar-refractivity contribution in [1.29, 1.82) is 5.41 Å². The molecular formula is C34H51F2N3. The summed E-state index contributed by atoms with van der Waals surface area (Å²) in [5.41, 5.74) is 5.05. The third kappa shape index (κ3) is 10.1. The molecule has 1 atom stereocenters. The van der Waals surface area contributed by atoms with Crippen LogP contribution in [0.4, 0.5) is 8.78 Å². The molecule has 3 rings (SSSR count). The van der Waals surface area contributed by atoms with Crippen LogP contribution in [0.2, 0.25) is 0 Å². The summed E-state index contributed by atoms with van der Waals surface area (Å²) in [6.45, 7) is 18.9. The Morgan fingerprint density at radius 3 is 2.31 bits per heavy atom. The van der Waals surface area contributed by atoms with E-state index >= 15 is 0 Å². The van der Waals surface area contributed by atoms with Crippen molar-refractivity contribution in [2.24, 2.45) is 11.8 Å². The summed E-state index contributed by atoms with van der Waals surface area (Å²) >= 11 is 0. The van der Waals surface area contributed by atoms with E-state index in [0.717, 1.165) is 58.7 Å². The molecule has 0 radical (unpaired) electrons. The van der Waals surface area contributed by atoms with Crippen LogP contribution < -0.4 is 5.32 Å². The van der Waals surface area contributed by atoms with Gasteiger partial charge in [0.05, 0.1) is 0 Å². The van der Waals surface area contributed by atoms with Crippen LogP contribution in [0.5, 0.6) is 0 Å². The van der Waals surface area contributed by atoms with Crippen LogP contribution in [0.3, 0.4) is 0 Å². The lowest BCUT2D eigenvalue weighted by molar-refractivity contribution is 0.270. The number of piperidine rings is 1. The van der Waals surface area contributed by atoms with E-state index in [1.807, 2.05) is 52.8 Å². The van der Waals surface area contributed by atoms with Crippen LogP contribution in [-0.2, 0) is 6.42 Å². The molecule has 2 aromatic rings. The second-order valence-corrected chi connectivity index (χ2v) is 9.89. The van der Waals surface area contributed by atoms with Gasteiger partial charge in [0.15, 0.2) is 0 Å². The highest BCUT2D eigenvalue weighted by Gasteiger charge is 2.18. The summed E-state index contributed by atoms with van der Waals surface area (Å²) in [7, 11) is 0. The number of benzene rings is 1. The van der Waals surface area contributed by atoms with Crippen molar-refractivity contribution in [1.82, 2.24) is 10.3 Å². The maximum atomic E-state index is 14.4. The van der Waals surface area contributed by atoms with Gasteiger partial charge in [-0.1, -0.05) is 66.5 Å². The van der Waals surface area contributed by atoms with E-state index in [-0.39, 0.29) is 0 Å². The molecule has 2 heterocycles. The van der Waals surface area contributed by atoms with Crippen molar-refractivity contribution in [2.45, 2.75) is 93.9 Å². The van der Waals surface area contributed by atoms with Gasteiger partial charge in [0.2, 0.25) is 0 Å². The molecule has 0 spiro atoms. The lowest BCUT2D eigenvalue weighted by Gasteiger charge is -2.27. The quantitative estimate of drug-likeness (QED) is 0.312. The van der Waals surface area contributed by atoms with E-state index in [0.29, 0.717) is 17.5 Å². The van der Waals surface area contributed by atoms with Gasteiger partial charge < -0.3 is 10.7 Å². The van der Waals surface area contributed by atoms with Gasteiger partial charge in [-0.05, 0) is 98.9 Å². The van der Waals surface area contributed by atoms with Crippen LogP contribution in [-0.4, -0.2) is 24.3 Å². The molecule has 0 aliphatic carbocycles. The largest absolute Gasteiger partial charge is 0.317 e. The highest BCUT2D eigenvalue weighted by atomic mass is 19.1. The molecule has 1 saturated heterocycles. The fraction of sp³-hybridized carbons (Fsp3) is 0.529. The number of nitrogens with zero attached hydrogens (tertiary/aromatic N) is 1. The molecule has 5 heteroatoms. The van der Waals surface area contributed by atoms with E-state index in [1.54, 1.807) is 6.20 Å². The number of unbranched alkanes of at least 4 members (excludes halogenated alkanes) is 1. The molecule has 1 aromatic heterocycles. The van der Waals surface area contributed by atoms with E-state index in [2.05, 4.69) is 31.1 Å². The lowest BCUT2D eigenvalue weighted by atomic mass is 9.85. The second-order valence-electron chi connectivity index (χ2n) is 9.89. The summed E-state index contributed by atoms with van der Waals surface area (Å²) < 4.78 is 28.4. The topological polar surface area (TPSA) is 48.8 Å². The predicted molar refractivity (Wildman–Crippen MR) is 166 cm³/mol. The normalized spacial score (nSPS) is 15.0. The maximum absolute atomic E-state index is 14.4. The molecule has 0 amide bonds. The zero-order chi connectivity index (χ0) is 29.4. The number of pyridine rings is 1. The van der Waals surface area contributed by atoms with E-state index in [1.165, 1.54) is 44.6 Å². The first kappa shape index (κ1) is 34.4. The van der Waals surface area contributed by atoms with Crippen LogP contribution in [0.15, 0.2) is 36.5 Å². The third-order valence-electron chi connectivity index (χ3n) is 7.45. The maximum Gasteiger partial charge on any atom is 0.129 e. The molecule has 216 valence electrons. The van der Waals surface area contributed by atoms with Crippen molar-refractivity contribution in [2.75, 3.05) is 13.1 Å². The molecule has 1 fully saturated rings. The highest BCUT2D eigenvalue weighted by molar-refractivity contribution is 6.08. The number of aryl methyl sites for hydroxylation is 1. The van der Waals surface area contributed by atoms with Crippen molar-refractivity contribution in [3.8, 4) is 0 Å².